The zero-order valence-electron chi connectivity index (χ0n) is 32.0. The minimum Gasteiger partial charge on any atom is -0.310 e. The van der Waals surface area contributed by atoms with Gasteiger partial charge in [0, 0.05) is 17.1 Å². The van der Waals surface area contributed by atoms with Crippen LogP contribution in [0.15, 0.2) is 200 Å². The van der Waals surface area contributed by atoms with Crippen molar-refractivity contribution in [3.63, 3.8) is 0 Å². The first kappa shape index (κ1) is 34.3. The van der Waals surface area contributed by atoms with Crippen molar-refractivity contribution in [3.05, 3.63) is 211 Å². The second-order valence-electron chi connectivity index (χ2n) is 15.8. The highest BCUT2D eigenvalue weighted by Crippen LogP contribution is 2.54. The van der Waals surface area contributed by atoms with Crippen LogP contribution < -0.4 is 4.90 Å². The van der Waals surface area contributed by atoms with Crippen molar-refractivity contribution in [2.45, 2.75) is 38.5 Å². The van der Waals surface area contributed by atoms with Crippen LogP contribution in [0, 0.1) is 0 Å². The lowest BCUT2D eigenvalue weighted by Gasteiger charge is -2.48. The fourth-order valence-corrected chi connectivity index (χ4v) is 8.43. The molecule has 266 valence electrons. The van der Waals surface area contributed by atoms with Crippen LogP contribution in [0.5, 0.6) is 0 Å². The molecule has 0 aliphatic heterocycles. The topological polar surface area (TPSA) is 3.24 Å². The number of rotatable bonds is 7. The van der Waals surface area contributed by atoms with Gasteiger partial charge in [-0.25, -0.2) is 0 Å². The fourth-order valence-electron chi connectivity index (χ4n) is 8.43. The van der Waals surface area contributed by atoms with E-state index >= 15 is 0 Å². The van der Waals surface area contributed by atoms with Crippen molar-refractivity contribution in [2.24, 2.45) is 0 Å². The summed E-state index contributed by atoms with van der Waals surface area (Å²) in [6.07, 6.45) is 0. The van der Waals surface area contributed by atoms with Gasteiger partial charge in [0.05, 0.1) is 0 Å². The highest BCUT2D eigenvalue weighted by atomic mass is 15.1. The Labute approximate surface area is 326 Å². The number of nitrogens with zero attached hydrogens (tertiary/aromatic N) is 1. The SMILES string of the molecule is CC1(C)c2ccccc2-c2ccc(-c3cccc(N(c4ccc(-c5ccccc5)cc4)c4ccc(-c5cccc(-c6ccccc6)c5)cc4)c3)cc2C1(C)C. The molecule has 0 atom stereocenters. The molecule has 0 saturated carbocycles. The summed E-state index contributed by atoms with van der Waals surface area (Å²) in [5.41, 5.74) is 18.5. The molecule has 0 unspecified atom stereocenters. The molecule has 8 aromatic rings. The molecule has 0 saturated heterocycles. The molecular formula is C54H45N. The van der Waals surface area contributed by atoms with E-state index in [0.717, 1.165) is 17.1 Å². The summed E-state index contributed by atoms with van der Waals surface area (Å²) < 4.78 is 0. The van der Waals surface area contributed by atoms with Gasteiger partial charge in [-0.3, -0.25) is 0 Å². The summed E-state index contributed by atoms with van der Waals surface area (Å²) >= 11 is 0. The summed E-state index contributed by atoms with van der Waals surface area (Å²) in [6.45, 7) is 9.61. The molecule has 0 bridgehead atoms. The lowest BCUT2D eigenvalue weighted by Crippen LogP contribution is -2.43. The average molecular weight is 708 g/mol. The van der Waals surface area contributed by atoms with Gasteiger partial charge >= 0.3 is 0 Å². The van der Waals surface area contributed by atoms with Gasteiger partial charge in [0.15, 0.2) is 0 Å². The summed E-state index contributed by atoms with van der Waals surface area (Å²) in [4.78, 5) is 2.38. The number of hydrogen-bond acceptors (Lipinski definition) is 1. The van der Waals surface area contributed by atoms with E-state index in [1.54, 1.807) is 0 Å². The van der Waals surface area contributed by atoms with E-state index in [4.69, 9.17) is 0 Å². The van der Waals surface area contributed by atoms with Gasteiger partial charge < -0.3 is 4.90 Å². The van der Waals surface area contributed by atoms with Crippen molar-refractivity contribution < 1.29 is 0 Å². The monoisotopic (exact) mass is 707 g/mol. The Balaban J connectivity index is 1.12. The third-order valence-electron chi connectivity index (χ3n) is 12.2. The fraction of sp³-hybridized carbons (Fsp3) is 0.111. The maximum absolute atomic E-state index is 2.45. The zero-order chi connectivity index (χ0) is 37.6. The molecular weight excluding hydrogens is 663 g/mol. The quantitative estimate of drug-likeness (QED) is 0.159. The highest BCUT2D eigenvalue weighted by molar-refractivity contribution is 5.85. The number of fused-ring (bicyclic) bond motifs is 3. The van der Waals surface area contributed by atoms with Crippen molar-refractivity contribution in [2.75, 3.05) is 4.90 Å². The third-order valence-corrected chi connectivity index (χ3v) is 12.2. The van der Waals surface area contributed by atoms with E-state index in [2.05, 4.69) is 233 Å². The Morgan fingerprint density at radius 2 is 0.673 bits per heavy atom. The van der Waals surface area contributed by atoms with Gasteiger partial charge in [-0.05, 0) is 126 Å². The zero-order valence-corrected chi connectivity index (χ0v) is 32.0. The molecule has 9 rings (SSSR count). The van der Waals surface area contributed by atoms with Crippen molar-refractivity contribution in [1.82, 2.24) is 0 Å². The smallest absolute Gasteiger partial charge is 0.0467 e. The van der Waals surface area contributed by atoms with Gasteiger partial charge in [0.25, 0.3) is 0 Å². The maximum Gasteiger partial charge on any atom is 0.0467 e. The first-order valence-corrected chi connectivity index (χ1v) is 19.3. The predicted octanol–water partition coefficient (Wildman–Crippen LogP) is 15.1. The van der Waals surface area contributed by atoms with Gasteiger partial charge in [0.1, 0.15) is 0 Å². The molecule has 1 nitrogen and oxygen atoms in total. The van der Waals surface area contributed by atoms with Crippen LogP contribution in [0.4, 0.5) is 17.1 Å². The third kappa shape index (κ3) is 6.16. The van der Waals surface area contributed by atoms with E-state index in [1.807, 2.05) is 0 Å². The van der Waals surface area contributed by atoms with Crippen molar-refractivity contribution in [1.29, 1.82) is 0 Å². The summed E-state index contributed by atoms with van der Waals surface area (Å²) in [5.74, 6) is 0. The second kappa shape index (κ2) is 13.8. The Morgan fingerprint density at radius 1 is 0.273 bits per heavy atom. The first-order chi connectivity index (χ1) is 26.8. The number of hydrogen-bond donors (Lipinski definition) is 0. The minimum absolute atomic E-state index is 0.0190. The molecule has 1 aliphatic carbocycles. The summed E-state index contributed by atoms with van der Waals surface area (Å²) in [5, 5.41) is 0. The lowest BCUT2D eigenvalue weighted by molar-refractivity contribution is 0.299. The Morgan fingerprint density at radius 3 is 1.29 bits per heavy atom. The van der Waals surface area contributed by atoms with Gasteiger partial charge in [-0.1, -0.05) is 179 Å². The van der Waals surface area contributed by atoms with E-state index in [1.165, 1.54) is 66.8 Å². The Hall–Kier alpha value is -6.44. The van der Waals surface area contributed by atoms with Gasteiger partial charge in [0.2, 0.25) is 0 Å². The van der Waals surface area contributed by atoms with E-state index in [9.17, 15) is 0 Å². The summed E-state index contributed by atoms with van der Waals surface area (Å²) in [7, 11) is 0. The molecule has 0 fully saturated rings. The summed E-state index contributed by atoms with van der Waals surface area (Å²) in [6, 6.07) is 73.0. The molecule has 1 aliphatic rings. The predicted molar refractivity (Wildman–Crippen MR) is 234 cm³/mol. The molecule has 8 aromatic carbocycles. The van der Waals surface area contributed by atoms with Crippen LogP contribution in [-0.4, -0.2) is 0 Å². The largest absolute Gasteiger partial charge is 0.310 e. The van der Waals surface area contributed by atoms with Crippen LogP contribution in [0.3, 0.4) is 0 Å². The molecule has 1 heteroatoms. The molecule has 55 heavy (non-hydrogen) atoms. The molecule has 0 radical (unpaired) electrons. The van der Waals surface area contributed by atoms with Crippen LogP contribution in [0.25, 0.3) is 55.6 Å². The van der Waals surface area contributed by atoms with E-state index < -0.39 is 0 Å². The first-order valence-electron chi connectivity index (χ1n) is 19.3. The van der Waals surface area contributed by atoms with Gasteiger partial charge in [-0.15, -0.1) is 0 Å². The van der Waals surface area contributed by atoms with Crippen LogP contribution in [0.1, 0.15) is 38.8 Å². The minimum atomic E-state index is -0.0563. The second-order valence-corrected chi connectivity index (χ2v) is 15.8. The number of benzene rings is 8. The van der Waals surface area contributed by atoms with Crippen LogP contribution in [0.2, 0.25) is 0 Å². The number of anilines is 3. The molecule has 0 aromatic heterocycles. The highest BCUT2D eigenvalue weighted by Gasteiger charge is 2.45. The lowest BCUT2D eigenvalue weighted by atomic mass is 9.55. The van der Waals surface area contributed by atoms with Crippen molar-refractivity contribution in [3.8, 4) is 55.6 Å². The van der Waals surface area contributed by atoms with Crippen LogP contribution in [-0.2, 0) is 10.8 Å². The van der Waals surface area contributed by atoms with Crippen LogP contribution >= 0.6 is 0 Å². The normalized spacial score (nSPS) is 13.7. The maximum atomic E-state index is 2.45. The standard InChI is InChI=1S/C54H45N/c1-53(2)51-24-12-11-23-49(51)50-34-29-45(37-52(50)54(53,3)4)44-21-14-22-48(36-44)55(46-30-25-40(26-31-46)38-15-7-5-8-16-38)47-32-27-41(28-33-47)43-20-13-19-42(35-43)39-17-9-6-10-18-39/h5-37H,1-4H3. The molecule has 0 heterocycles. The van der Waals surface area contributed by atoms with E-state index in [0.29, 0.717) is 0 Å². The molecule has 0 N–H and O–H groups in total. The molecule has 0 spiro atoms. The molecule has 0 amide bonds. The van der Waals surface area contributed by atoms with Gasteiger partial charge in [-0.2, -0.15) is 0 Å². The average Bonchev–Trinajstić information content (AvgIpc) is 3.24. The Kier molecular flexibility index (Phi) is 8.59. The Bertz CT molecular complexity index is 2610. The van der Waals surface area contributed by atoms with Crippen molar-refractivity contribution >= 4 is 17.1 Å². The van der Waals surface area contributed by atoms with E-state index in [-0.39, 0.29) is 10.8 Å².